The van der Waals surface area contributed by atoms with Gasteiger partial charge in [-0.3, -0.25) is 0 Å². The Labute approximate surface area is 297 Å². The van der Waals surface area contributed by atoms with E-state index in [1.807, 2.05) is 58.3 Å². The molecule has 0 aliphatic carbocycles. The second-order valence-electron chi connectivity index (χ2n) is 11.6. The van der Waals surface area contributed by atoms with Gasteiger partial charge in [-0.1, -0.05) is 65.2 Å². The lowest BCUT2D eigenvalue weighted by atomic mass is 10.0. The molecule has 0 amide bonds. The quantitative estimate of drug-likeness (QED) is 0.0753. The van der Waals surface area contributed by atoms with E-state index < -0.39 is 0 Å². The summed E-state index contributed by atoms with van der Waals surface area (Å²) >= 11 is 8.90. The molecule has 4 nitrogen and oxygen atoms in total. The SMILES string of the molecule is CCCCCCCCc1cc(C=C(C#N)C#N)sc1-c1cc2sc3cc(-c4sc(C=C(C#N)C#N)cc4CCCCCC)sc3c2s1. The summed E-state index contributed by atoms with van der Waals surface area (Å²) in [5.41, 5.74) is 2.88. The Balaban J connectivity index is 1.48. The number of fused-ring (bicyclic) bond motifs is 3. The van der Waals surface area contributed by atoms with Crippen molar-refractivity contribution in [1.82, 2.24) is 0 Å². The first-order valence-electron chi connectivity index (χ1n) is 16.3. The van der Waals surface area contributed by atoms with E-state index in [1.165, 1.54) is 101 Å². The van der Waals surface area contributed by atoms with E-state index in [9.17, 15) is 21.0 Å². The highest BCUT2D eigenvalue weighted by Crippen LogP contribution is 2.51. The van der Waals surface area contributed by atoms with E-state index in [2.05, 4.69) is 38.1 Å². The first-order chi connectivity index (χ1) is 23.0. The van der Waals surface area contributed by atoms with Gasteiger partial charge in [0.05, 0.1) is 9.40 Å². The fourth-order valence-electron chi connectivity index (χ4n) is 5.69. The van der Waals surface area contributed by atoms with Crippen LogP contribution in [0.1, 0.15) is 98.9 Å². The monoisotopic (exact) mass is 708 g/mol. The second kappa shape index (κ2) is 17.0. The van der Waals surface area contributed by atoms with Crippen LogP contribution in [-0.4, -0.2) is 0 Å². The number of hydrogen-bond acceptors (Lipinski definition) is 9. The molecule has 0 atom stereocenters. The minimum Gasteiger partial charge on any atom is -0.192 e. The van der Waals surface area contributed by atoms with Gasteiger partial charge in [0, 0.05) is 38.7 Å². The van der Waals surface area contributed by atoms with Gasteiger partial charge in [-0.15, -0.1) is 56.7 Å². The minimum absolute atomic E-state index is 0.134. The maximum atomic E-state index is 9.36. The van der Waals surface area contributed by atoms with Gasteiger partial charge < -0.3 is 0 Å². The van der Waals surface area contributed by atoms with Crippen LogP contribution >= 0.6 is 56.7 Å². The first-order valence-corrected chi connectivity index (χ1v) is 20.4. The van der Waals surface area contributed by atoms with Crippen molar-refractivity contribution in [2.24, 2.45) is 0 Å². The van der Waals surface area contributed by atoms with Gasteiger partial charge in [-0.25, -0.2) is 0 Å². The average molecular weight is 709 g/mol. The highest BCUT2D eigenvalue weighted by molar-refractivity contribution is 7.41. The van der Waals surface area contributed by atoms with Crippen LogP contribution in [0.4, 0.5) is 0 Å². The molecule has 0 aliphatic rings. The van der Waals surface area contributed by atoms with Crippen LogP contribution in [0.3, 0.4) is 0 Å². The van der Waals surface area contributed by atoms with Gasteiger partial charge in [0.25, 0.3) is 0 Å². The molecule has 47 heavy (non-hydrogen) atoms. The number of rotatable bonds is 16. The Bertz CT molecular complexity index is 2050. The summed E-state index contributed by atoms with van der Waals surface area (Å²) in [7, 11) is 0. The Morgan fingerprint density at radius 2 is 0.936 bits per heavy atom. The average Bonchev–Trinajstić information content (AvgIpc) is 3.90. The molecule has 5 aromatic rings. The van der Waals surface area contributed by atoms with Crippen molar-refractivity contribution in [3.05, 3.63) is 56.3 Å². The zero-order valence-electron chi connectivity index (χ0n) is 26.8. The maximum absolute atomic E-state index is 9.36. The van der Waals surface area contributed by atoms with Crippen molar-refractivity contribution in [2.45, 2.75) is 90.9 Å². The molecule has 9 heteroatoms. The Kier molecular flexibility index (Phi) is 12.6. The zero-order valence-corrected chi connectivity index (χ0v) is 30.9. The standard InChI is InChI=1S/C38H36N4S5/c1-3-5-7-9-10-12-14-28-18-30(16-26(23-41)24-42)44-36(28)32-20-34-38(47-32)37-33(45-34)19-31(46-37)35-27(13-11-8-6-4-2)17-29(43-35)15-25(21-39)22-40/h15-20H,3-14H2,1-2H3. The largest absolute Gasteiger partial charge is 0.192 e. The maximum Gasteiger partial charge on any atom is 0.131 e. The molecule has 0 saturated heterocycles. The van der Waals surface area contributed by atoms with Crippen LogP contribution in [0.2, 0.25) is 0 Å². The molecule has 5 heterocycles. The van der Waals surface area contributed by atoms with Crippen LogP contribution in [0.25, 0.3) is 50.5 Å². The summed E-state index contributed by atoms with van der Waals surface area (Å²) in [6, 6.07) is 17.0. The van der Waals surface area contributed by atoms with E-state index >= 15 is 0 Å². The summed E-state index contributed by atoms with van der Waals surface area (Å²) < 4.78 is 5.23. The third kappa shape index (κ3) is 8.49. The summed E-state index contributed by atoms with van der Waals surface area (Å²) in [5, 5.41) is 37.4. The van der Waals surface area contributed by atoms with E-state index in [4.69, 9.17) is 0 Å². The molecule has 5 rings (SSSR count). The lowest BCUT2D eigenvalue weighted by Crippen LogP contribution is -1.86. The molecular weight excluding hydrogens is 673 g/mol. The number of hydrogen-bond donors (Lipinski definition) is 0. The van der Waals surface area contributed by atoms with Crippen LogP contribution in [0.15, 0.2) is 35.4 Å². The summed E-state index contributed by atoms with van der Waals surface area (Å²) in [5.74, 6) is 0. The van der Waals surface area contributed by atoms with Gasteiger partial charge in [0.15, 0.2) is 0 Å². The molecule has 0 N–H and O–H groups in total. The van der Waals surface area contributed by atoms with Crippen molar-refractivity contribution in [1.29, 1.82) is 21.0 Å². The molecule has 5 aromatic heterocycles. The summed E-state index contributed by atoms with van der Waals surface area (Å²) in [4.78, 5) is 6.94. The van der Waals surface area contributed by atoms with Crippen LogP contribution < -0.4 is 0 Å². The molecule has 238 valence electrons. The van der Waals surface area contributed by atoms with E-state index in [0.29, 0.717) is 0 Å². The number of aryl methyl sites for hydroxylation is 2. The van der Waals surface area contributed by atoms with Crippen LogP contribution in [0, 0.1) is 45.3 Å². The van der Waals surface area contributed by atoms with Gasteiger partial charge in [0.1, 0.15) is 35.4 Å². The molecule has 0 fully saturated rings. The predicted molar refractivity (Wildman–Crippen MR) is 205 cm³/mol. The Hall–Kier alpha value is -3.54. The van der Waals surface area contributed by atoms with E-state index in [-0.39, 0.29) is 11.1 Å². The normalized spacial score (nSPS) is 10.9. The molecule has 0 aromatic carbocycles. The van der Waals surface area contributed by atoms with Crippen molar-refractivity contribution >= 4 is 87.6 Å². The third-order valence-electron chi connectivity index (χ3n) is 8.08. The minimum atomic E-state index is 0.134. The van der Waals surface area contributed by atoms with Gasteiger partial charge in [-0.2, -0.15) is 21.0 Å². The van der Waals surface area contributed by atoms with Gasteiger partial charge >= 0.3 is 0 Å². The van der Waals surface area contributed by atoms with Crippen molar-refractivity contribution in [3.8, 4) is 43.8 Å². The number of allylic oxidation sites excluding steroid dienone is 2. The van der Waals surface area contributed by atoms with Gasteiger partial charge in [-0.05, 0) is 73.2 Å². The second-order valence-corrected chi connectivity index (χ2v) is 17.0. The molecule has 0 spiro atoms. The van der Waals surface area contributed by atoms with Crippen molar-refractivity contribution in [2.75, 3.05) is 0 Å². The molecule has 0 saturated carbocycles. The van der Waals surface area contributed by atoms with Crippen molar-refractivity contribution in [3.63, 3.8) is 0 Å². The van der Waals surface area contributed by atoms with Crippen LogP contribution in [-0.2, 0) is 12.8 Å². The Morgan fingerprint density at radius 3 is 1.36 bits per heavy atom. The smallest absolute Gasteiger partial charge is 0.131 e. The summed E-state index contributed by atoms with van der Waals surface area (Å²) in [6.07, 6.45) is 17.6. The number of nitriles is 4. The Morgan fingerprint density at radius 1 is 0.532 bits per heavy atom. The molecule has 0 radical (unpaired) electrons. The molecular formula is C38H36N4S5. The zero-order chi connectivity index (χ0) is 33.2. The molecule has 0 bridgehead atoms. The van der Waals surface area contributed by atoms with E-state index in [0.717, 1.165) is 35.4 Å². The fraction of sp³-hybridized carbons (Fsp3) is 0.368. The number of thiophene rings is 5. The van der Waals surface area contributed by atoms with Gasteiger partial charge in [0.2, 0.25) is 0 Å². The lowest BCUT2D eigenvalue weighted by molar-refractivity contribution is 0.608. The first kappa shape index (κ1) is 34.8. The fourth-order valence-corrected chi connectivity index (χ4v) is 12.3. The van der Waals surface area contributed by atoms with Crippen LogP contribution in [0.5, 0.6) is 0 Å². The van der Waals surface area contributed by atoms with Crippen molar-refractivity contribution < 1.29 is 0 Å². The third-order valence-corrected chi connectivity index (χ3v) is 14.5. The topological polar surface area (TPSA) is 95.2 Å². The summed E-state index contributed by atoms with van der Waals surface area (Å²) in [6.45, 7) is 4.47. The highest BCUT2D eigenvalue weighted by atomic mass is 32.1. The predicted octanol–water partition coefficient (Wildman–Crippen LogP) is 13.5. The molecule has 0 unspecified atom stereocenters. The molecule has 0 aliphatic heterocycles. The number of nitrogens with zero attached hydrogens (tertiary/aromatic N) is 4. The highest BCUT2D eigenvalue weighted by Gasteiger charge is 2.20. The number of unbranched alkanes of at least 4 members (excludes halogenated alkanes) is 8. The van der Waals surface area contributed by atoms with E-state index in [1.54, 1.807) is 34.8 Å². The lowest BCUT2D eigenvalue weighted by Gasteiger charge is -2.03.